The maximum atomic E-state index is 13.4. The van der Waals surface area contributed by atoms with Gasteiger partial charge in [0.15, 0.2) is 5.69 Å². The molecule has 0 aliphatic heterocycles. The second-order valence-electron chi connectivity index (χ2n) is 5.58. The molecule has 152 valence electrons. The topological polar surface area (TPSA) is 64.2 Å². The number of nitrogens with zero attached hydrogens (tertiary/aromatic N) is 3. The highest BCUT2D eigenvalue weighted by Crippen LogP contribution is 2.39. The molecule has 0 fully saturated rings. The molecule has 0 atom stereocenters. The molecule has 0 radical (unpaired) electrons. The van der Waals surface area contributed by atoms with Crippen molar-refractivity contribution < 1.29 is 26.3 Å². The maximum Gasteiger partial charge on any atom is 0.435 e. The molecule has 2 aromatic rings. The molecule has 0 aliphatic rings. The number of alkyl halides is 6. The monoisotopic (exact) mass is 444 g/mol. The Morgan fingerprint density at radius 2 is 1.57 bits per heavy atom. The number of rotatable bonds is 3. The Bertz CT molecular complexity index is 915. The standard InChI is InChI=1S/C16H12Cl2F6N4/c1-3-10-12(13(16(22,23)24)27-6(2)26-10)28-14(25)11-8(17)4-7(5-9(11)18)15(19,20)21/h4-5H,3H2,1-2H3,(H2,25,28). The van der Waals surface area contributed by atoms with Gasteiger partial charge in [-0.3, -0.25) is 0 Å². The average molecular weight is 445 g/mol. The fourth-order valence-electron chi connectivity index (χ4n) is 2.34. The molecule has 1 heterocycles. The van der Waals surface area contributed by atoms with Crippen LogP contribution in [0.15, 0.2) is 17.1 Å². The summed E-state index contributed by atoms with van der Waals surface area (Å²) in [6.45, 7) is 2.84. The first-order valence-electron chi connectivity index (χ1n) is 7.61. The Labute approximate surface area is 165 Å². The second-order valence-corrected chi connectivity index (χ2v) is 6.39. The van der Waals surface area contributed by atoms with Crippen LogP contribution in [0.5, 0.6) is 0 Å². The van der Waals surface area contributed by atoms with Crippen LogP contribution < -0.4 is 5.73 Å². The van der Waals surface area contributed by atoms with Gasteiger partial charge >= 0.3 is 12.4 Å². The molecule has 12 heteroatoms. The molecule has 0 aliphatic carbocycles. The number of nitrogens with two attached hydrogens (primary N) is 1. The van der Waals surface area contributed by atoms with Gasteiger partial charge in [-0.15, -0.1) is 0 Å². The lowest BCUT2D eigenvalue weighted by Crippen LogP contribution is -2.18. The van der Waals surface area contributed by atoms with E-state index in [1.54, 1.807) is 6.92 Å². The van der Waals surface area contributed by atoms with Crippen LogP contribution in [-0.4, -0.2) is 15.8 Å². The van der Waals surface area contributed by atoms with E-state index in [9.17, 15) is 26.3 Å². The molecule has 1 aromatic heterocycles. The molecule has 2 rings (SSSR count). The van der Waals surface area contributed by atoms with Crippen molar-refractivity contribution in [2.24, 2.45) is 10.7 Å². The molecule has 0 saturated heterocycles. The van der Waals surface area contributed by atoms with E-state index in [2.05, 4.69) is 15.0 Å². The van der Waals surface area contributed by atoms with E-state index in [1.165, 1.54) is 6.92 Å². The Kier molecular flexibility index (Phi) is 6.15. The molecule has 0 bridgehead atoms. The molecule has 0 saturated carbocycles. The zero-order valence-electron chi connectivity index (χ0n) is 14.3. The van der Waals surface area contributed by atoms with Gasteiger partial charge in [0.05, 0.1) is 26.9 Å². The number of amidine groups is 1. The van der Waals surface area contributed by atoms with Gasteiger partial charge in [0.25, 0.3) is 0 Å². The first-order valence-corrected chi connectivity index (χ1v) is 8.36. The van der Waals surface area contributed by atoms with Gasteiger partial charge < -0.3 is 5.73 Å². The van der Waals surface area contributed by atoms with Crippen molar-refractivity contribution in [3.05, 3.63) is 50.5 Å². The lowest BCUT2D eigenvalue weighted by atomic mass is 10.1. The van der Waals surface area contributed by atoms with Crippen LogP contribution in [0.1, 0.15) is 35.3 Å². The van der Waals surface area contributed by atoms with Crippen molar-refractivity contribution in [1.29, 1.82) is 0 Å². The number of hydrogen-bond donors (Lipinski definition) is 1. The van der Waals surface area contributed by atoms with E-state index in [4.69, 9.17) is 28.9 Å². The van der Waals surface area contributed by atoms with Gasteiger partial charge in [0, 0.05) is 0 Å². The molecule has 4 nitrogen and oxygen atoms in total. The predicted octanol–water partition coefficient (Wildman–Crippen LogP) is 5.73. The summed E-state index contributed by atoms with van der Waals surface area (Å²) in [6, 6.07) is 1.12. The molecule has 0 unspecified atom stereocenters. The van der Waals surface area contributed by atoms with Gasteiger partial charge in [-0.1, -0.05) is 30.1 Å². The number of hydrogen-bond acceptors (Lipinski definition) is 3. The lowest BCUT2D eigenvalue weighted by Gasteiger charge is -2.15. The first kappa shape index (κ1) is 22.2. The molecule has 28 heavy (non-hydrogen) atoms. The number of aromatic nitrogens is 2. The van der Waals surface area contributed by atoms with Crippen LogP contribution >= 0.6 is 23.2 Å². The highest BCUT2D eigenvalue weighted by atomic mass is 35.5. The van der Waals surface area contributed by atoms with Crippen molar-refractivity contribution in [2.45, 2.75) is 32.6 Å². The smallest absolute Gasteiger partial charge is 0.383 e. The fourth-order valence-corrected chi connectivity index (χ4v) is 3.02. The quantitative estimate of drug-likeness (QED) is 0.373. The minimum absolute atomic E-state index is 0.0399. The normalized spacial score (nSPS) is 13.1. The van der Waals surface area contributed by atoms with Crippen molar-refractivity contribution in [3.8, 4) is 0 Å². The molecule has 0 amide bonds. The number of aryl methyl sites for hydroxylation is 2. The van der Waals surface area contributed by atoms with Gasteiger partial charge in [-0.25, -0.2) is 15.0 Å². The summed E-state index contributed by atoms with van der Waals surface area (Å²) < 4.78 is 78.6. The van der Waals surface area contributed by atoms with Crippen molar-refractivity contribution in [2.75, 3.05) is 0 Å². The SMILES string of the molecule is CCc1nc(C)nc(C(F)(F)F)c1N=C(N)c1c(Cl)cc(C(F)(F)F)cc1Cl. The van der Waals surface area contributed by atoms with E-state index >= 15 is 0 Å². The zero-order valence-corrected chi connectivity index (χ0v) is 15.8. The fraction of sp³-hybridized carbons (Fsp3) is 0.312. The van der Waals surface area contributed by atoms with Gasteiger partial charge in [0.1, 0.15) is 17.3 Å². The average Bonchev–Trinajstić information content (AvgIpc) is 2.53. The lowest BCUT2D eigenvalue weighted by molar-refractivity contribution is -0.141. The third-order valence-electron chi connectivity index (χ3n) is 3.53. The Hall–Kier alpha value is -2.07. The van der Waals surface area contributed by atoms with E-state index in [-0.39, 0.29) is 23.5 Å². The van der Waals surface area contributed by atoms with Gasteiger partial charge in [-0.2, -0.15) is 26.3 Å². The van der Waals surface area contributed by atoms with Crippen LogP contribution in [0.25, 0.3) is 0 Å². The predicted molar refractivity (Wildman–Crippen MR) is 93.0 cm³/mol. The van der Waals surface area contributed by atoms with E-state index in [0.717, 1.165) is 0 Å². The molecular weight excluding hydrogens is 433 g/mol. The summed E-state index contributed by atoms with van der Waals surface area (Å²) in [5.41, 5.74) is 2.27. The van der Waals surface area contributed by atoms with Crippen molar-refractivity contribution >= 4 is 34.7 Å². The molecule has 2 N–H and O–H groups in total. The van der Waals surface area contributed by atoms with Crippen LogP contribution in [0.4, 0.5) is 32.0 Å². The zero-order chi connectivity index (χ0) is 21.4. The maximum absolute atomic E-state index is 13.4. The summed E-state index contributed by atoms with van der Waals surface area (Å²) in [7, 11) is 0. The number of benzene rings is 1. The Balaban J connectivity index is 2.71. The van der Waals surface area contributed by atoms with Gasteiger partial charge in [-0.05, 0) is 25.5 Å². The van der Waals surface area contributed by atoms with Crippen molar-refractivity contribution in [3.63, 3.8) is 0 Å². The highest BCUT2D eigenvalue weighted by Gasteiger charge is 2.38. The second kappa shape index (κ2) is 7.75. The van der Waals surface area contributed by atoms with E-state index in [0.29, 0.717) is 12.1 Å². The van der Waals surface area contributed by atoms with Gasteiger partial charge in [0.2, 0.25) is 0 Å². The third kappa shape index (κ3) is 4.67. The Morgan fingerprint density at radius 1 is 1.04 bits per heavy atom. The van der Waals surface area contributed by atoms with Crippen LogP contribution in [-0.2, 0) is 18.8 Å². The summed E-state index contributed by atoms with van der Waals surface area (Å²) >= 11 is 11.7. The summed E-state index contributed by atoms with van der Waals surface area (Å²) in [5.74, 6) is -0.719. The number of aliphatic imine (C=N–C) groups is 1. The van der Waals surface area contributed by atoms with Crippen LogP contribution in [0, 0.1) is 6.92 Å². The summed E-state index contributed by atoms with van der Waals surface area (Å²) in [6.07, 6.45) is -9.50. The minimum atomic E-state index is -4.86. The molecule has 0 spiro atoms. The molecular formula is C16H12Cl2F6N4. The van der Waals surface area contributed by atoms with E-state index < -0.39 is 45.2 Å². The summed E-state index contributed by atoms with van der Waals surface area (Å²) in [4.78, 5) is 11.0. The van der Waals surface area contributed by atoms with Crippen molar-refractivity contribution in [1.82, 2.24) is 9.97 Å². The van der Waals surface area contributed by atoms with Crippen LogP contribution in [0.3, 0.4) is 0 Å². The Morgan fingerprint density at radius 3 is 2.00 bits per heavy atom. The summed E-state index contributed by atoms with van der Waals surface area (Å²) in [5, 5.41) is -1.03. The first-order chi connectivity index (χ1) is 12.8. The molecule has 1 aromatic carbocycles. The minimum Gasteiger partial charge on any atom is -0.383 e. The van der Waals surface area contributed by atoms with Crippen LogP contribution in [0.2, 0.25) is 10.0 Å². The number of halogens is 8. The third-order valence-corrected chi connectivity index (χ3v) is 4.13. The highest BCUT2D eigenvalue weighted by molar-refractivity contribution is 6.40. The van der Waals surface area contributed by atoms with E-state index in [1.807, 2.05) is 0 Å². The largest absolute Gasteiger partial charge is 0.435 e.